The van der Waals surface area contributed by atoms with Crippen LogP contribution in [0.25, 0.3) is 0 Å². The van der Waals surface area contributed by atoms with Gasteiger partial charge in [0.25, 0.3) is 0 Å². The van der Waals surface area contributed by atoms with E-state index in [4.69, 9.17) is 0 Å². The molecule has 1 aliphatic rings. The molecule has 8 bridgehead atoms. The number of phenolic OH excluding ortho intramolecular Hbond substituents is 8. The summed E-state index contributed by atoms with van der Waals surface area (Å²) in [6.07, 6.45) is 0. The van der Waals surface area contributed by atoms with E-state index in [1.807, 2.05) is 97.1 Å². The first-order valence-electron chi connectivity index (χ1n) is 24.9. The highest BCUT2D eigenvalue weighted by Gasteiger charge is 2.35. The van der Waals surface area contributed by atoms with Crippen LogP contribution in [0.4, 0.5) is 0 Å². The Labute approximate surface area is 422 Å². The molecule has 8 nitrogen and oxygen atoms in total. The molecular formula is C64H64O8. The lowest BCUT2D eigenvalue weighted by Gasteiger charge is -2.30. The van der Waals surface area contributed by atoms with Crippen LogP contribution in [0.15, 0.2) is 146 Å². The first kappa shape index (κ1) is 49.2. The van der Waals surface area contributed by atoms with Crippen LogP contribution in [-0.2, 0) is 0 Å². The van der Waals surface area contributed by atoms with Gasteiger partial charge in [0, 0.05) is 92.4 Å². The monoisotopic (exact) mass is 960 g/mol. The predicted molar refractivity (Wildman–Crippen MR) is 285 cm³/mol. The summed E-state index contributed by atoms with van der Waals surface area (Å²) in [6.45, 7) is 16.8. The molecule has 0 aliphatic heterocycles. The summed E-state index contributed by atoms with van der Waals surface area (Å²) in [5.74, 6) is -4.98. The van der Waals surface area contributed by atoms with Crippen LogP contribution >= 0.6 is 0 Å². The van der Waals surface area contributed by atoms with Crippen molar-refractivity contribution in [3.05, 3.63) is 235 Å². The lowest BCUT2D eigenvalue weighted by molar-refractivity contribution is 0.431. The molecule has 0 radical (unpaired) electrons. The fourth-order valence-corrected chi connectivity index (χ4v) is 10.7. The van der Waals surface area contributed by atoms with Gasteiger partial charge in [-0.25, -0.2) is 0 Å². The van der Waals surface area contributed by atoms with E-state index in [1.54, 1.807) is 24.3 Å². The molecule has 8 aromatic rings. The second kappa shape index (κ2) is 19.4. The minimum absolute atomic E-state index is 0.203. The highest BCUT2D eigenvalue weighted by atomic mass is 16.3. The third-order valence-electron chi connectivity index (χ3n) is 14.9. The molecule has 8 aromatic carbocycles. The fraction of sp³-hybridized carbons (Fsp3) is 0.250. The van der Waals surface area contributed by atoms with Crippen molar-refractivity contribution in [1.29, 1.82) is 0 Å². The molecule has 0 atom stereocenters. The van der Waals surface area contributed by atoms with E-state index in [0.29, 0.717) is 66.8 Å². The van der Waals surface area contributed by atoms with Gasteiger partial charge in [-0.1, -0.05) is 152 Å². The van der Waals surface area contributed by atoms with E-state index >= 15 is 0 Å². The van der Waals surface area contributed by atoms with Crippen molar-refractivity contribution >= 4 is 0 Å². The predicted octanol–water partition coefficient (Wildman–Crippen LogP) is 14.9. The third-order valence-corrected chi connectivity index (χ3v) is 14.9. The quantitative estimate of drug-likeness (QED) is 0.0747. The smallest absolute Gasteiger partial charge is 0.123 e. The molecule has 8 N–H and O–H groups in total. The van der Waals surface area contributed by atoms with Crippen LogP contribution in [-0.4, -0.2) is 40.9 Å². The number of hydrogen-bond donors (Lipinski definition) is 8. The Kier molecular flexibility index (Phi) is 13.2. The van der Waals surface area contributed by atoms with Gasteiger partial charge >= 0.3 is 0 Å². The molecule has 0 amide bonds. The van der Waals surface area contributed by atoms with Crippen LogP contribution in [0.3, 0.4) is 0 Å². The van der Waals surface area contributed by atoms with Crippen molar-refractivity contribution in [2.45, 2.75) is 103 Å². The second-order valence-electron chi connectivity index (χ2n) is 20.9. The zero-order chi connectivity index (χ0) is 51.4. The highest BCUT2D eigenvalue weighted by Crippen LogP contribution is 2.54. The van der Waals surface area contributed by atoms with E-state index in [0.717, 1.165) is 22.3 Å². The Morgan fingerprint density at radius 2 is 0.361 bits per heavy atom. The zero-order valence-corrected chi connectivity index (χ0v) is 42.1. The van der Waals surface area contributed by atoms with Crippen LogP contribution < -0.4 is 0 Å². The Bertz CT molecular complexity index is 2730. The maximum absolute atomic E-state index is 12.2. The fourth-order valence-electron chi connectivity index (χ4n) is 10.7. The summed E-state index contributed by atoms with van der Waals surface area (Å²) < 4.78 is 0. The molecule has 0 aromatic heterocycles. The molecular weight excluding hydrogens is 897 g/mol. The number of rotatable bonds is 8. The zero-order valence-electron chi connectivity index (χ0n) is 42.1. The number of phenols is 8. The maximum atomic E-state index is 12.2. The molecule has 1 aliphatic carbocycles. The first-order valence-corrected chi connectivity index (χ1v) is 24.9. The van der Waals surface area contributed by atoms with Gasteiger partial charge in [-0.2, -0.15) is 0 Å². The van der Waals surface area contributed by atoms with Gasteiger partial charge < -0.3 is 40.9 Å². The van der Waals surface area contributed by atoms with Crippen molar-refractivity contribution in [3.63, 3.8) is 0 Å². The van der Waals surface area contributed by atoms with Crippen molar-refractivity contribution in [2.24, 2.45) is 0 Å². The van der Waals surface area contributed by atoms with Crippen LogP contribution in [0.5, 0.6) is 46.0 Å². The summed E-state index contributed by atoms with van der Waals surface area (Å²) >= 11 is 0. The van der Waals surface area contributed by atoms with E-state index in [9.17, 15) is 40.9 Å². The molecule has 0 heterocycles. The molecule has 368 valence electrons. The lowest BCUT2D eigenvalue weighted by atomic mass is 9.74. The molecule has 72 heavy (non-hydrogen) atoms. The molecule has 0 unspecified atom stereocenters. The number of aromatic hydroxyl groups is 8. The summed E-state index contributed by atoms with van der Waals surface area (Å²) in [7, 11) is 0. The van der Waals surface area contributed by atoms with Crippen molar-refractivity contribution in [2.75, 3.05) is 0 Å². The van der Waals surface area contributed by atoms with Gasteiger partial charge in [-0.05, 0) is 92.4 Å². The first-order chi connectivity index (χ1) is 34.3. The standard InChI is InChI=1S/C64H64O8/c1-33(2)37-9-17-41(18-10-37)61-45-25-47(55(67)29-53(45)65)62(42-19-11-38(12-20-42)34(3)4)49-27-51(59(71)31-57(49)69)64(44-23-15-40(16-24-44)36(7)8)52-28-50(58(70)32-60(52)72)63(43-21-13-39(14-22-43)35(5)6)48-26-46(61)54(66)30-56(48)68/h9-36,61-72H,1-8H3/t61-,62+,63?,64?. The molecule has 0 saturated heterocycles. The average Bonchev–Trinajstić information content (AvgIpc) is 3.34. The largest absolute Gasteiger partial charge is 0.507 e. The van der Waals surface area contributed by atoms with E-state index < -0.39 is 23.7 Å². The summed E-state index contributed by atoms with van der Waals surface area (Å²) in [5, 5.41) is 97.7. The Balaban J connectivity index is 1.46. The Morgan fingerprint density at radius 3 is 0.486 bits per heavy atom. The second-order valence-corrected chi connectivity index (χ2v) is 20.9. The molecule has 9 rings (SSSR count). The minimum Gasteiger partial charge on any atom is -0.507 e. The summed E-state index contributed by atoms with van der Waals surface area (Å²) in [5.41, 5.74) is 9.55. The van der Waals surface area contributed by atoms with Gasteiger partial charge in [0.05, 0.1) is 0 Å². The van der Waals surface area contributed by atoms with Crippen molar-refractivity contribution in [1.82, 2.24) is 0 Å². The normalized spacial score (nSPS) is 16.7. The number of fused-ring (bicyclic) bond motifs is 8. The van der Waals surface area contributed by atoms with Crippen molar-refractivity contribution < 1.29 is 40.9 Å². The van der Waals surface area contributed by atoms with Crippen LogP contribution in [0.1, 0.15) is 192 Å². The van der Waals surface area contributed by atoms with Crippen LogP contribution in [0, 0.1) is 0 Å². The summed E-state index contributed by atoms with van der Waals surface area (Å²) in [6, 6.07) is 43.6. The average molecular weight is 961 g/mol. The highest BCUT2D eigenvalue weighted by molar-refractivity contribution is 5.67. The van der Waals surface area contributed by atoms with Gasteiger partial charge in [-0.15, -0.1) is 0 Å². The minimum atomic E-state index is -0.920. The number of benzene rings is 8. The molecule has 0 spiro atoms. The van der Waals surface area contributed by atoms with Gasteiger partial charge in [0.15, 0.2) is 0 Å². The SMILES string of the molecule is CC(C)c1ccc(C2c3cc(c(O)cc3O)C(c3ccc(C(C)C)cc3)c3cc(c(O)cc3O)[C@H](c3ccc(C(C)C)cc3)c3cc(c(O)cc3O)[C@H](c3ccc(C(C)C)cc3)c3cc2c(O)cc3O)cc1. The van der Waals surface area contributed by atoms with Gasteiger partial charge in [0.2, 0.25) is 0 Å². The summed E-state index contributed by atoms with van der Waals surface area (Å²) in [4.78, 5) is 0. The van der Waals surface area contributed by atoms with Gasteiger partial charge in [-0.3, -0.25) is 0 Å². The molecule has 0 saturated carbocycles. The maximum Gasteiger partial charge on any atom is 0.123 e. The van der Waals surface area contributed by atoms with Gasteiger partial charge in [0.1, 0.15) is 46.0 Å². The number of hydrogen-bond acceptors (Lipinski definition) is 8. The Hall–Kier alpha value is -7.84. The van der Waals surface area contributed by atoms with E-state index in [2.05, 4.69) is 55.4 Å². The lowest BCUT2D eigenvalue weighted by Crippen LogP contribution is -2.13. The van der Waals surface area contributed by atoms with Crippen molar-refractivity contribution in [3.8, 4) is 46.0 Å². The molecule has 8 heteroatoms. The topological polar surface area (TPSA) is 162 Å². The van der Waals surface area contributed by atoms with E-state index in [-0.39, 0.29) is 69.7 Å². The van der Waals surface area contributed by atoms with E-state index in [1.165, 1.54) is 24.3 Å². The molecule has 0 fully saturated rings. The van der Waals surface area contributed by atoms with Crippen LogP contribution in [0.2, 0.25) is 0 Å². The Morgan fingerprint density at radius 1 is 0.222 bits per heavy atom. The third kappa shape index (κ3) is 9.06.